The fourth-order valence-corrected chi connectivity index (χ4v) is 3.41. The molecule has 0 amide bonds. The van der Waals surface area contributed by atoms with Crippen molar-refractivity contribution in [2.45, 2.75) is 83.0 Å². The number of aliphatic hydroxyl groups is 3. The monoisotopic (exact) mass is 354 g/mol. The molecule has 0 aliphatic heterocycles. The summed E-state index contributed by atoms with van der Waals surface area (Å²) in [5.41, 5.74) is 0. The van der Waals surface area contributed by atoms with Gasteiger partial charge in [0.2, 0.25) is 0 Å². The molecule has 144 valence electrons. The Kier molecular flexibility index (Phi) is 10.7. The van der Waals surface area contributed by atoms with Crippen molar-refractivity contribution in [3.63, 3.8) is 0 Å². The lowest BCUT2D eigenvalue weighted by Gasteiger charge is -2.19. The highest BCUT2D eigenvalue weighted by molar-refractivity contribution is 5.66. The molecule has 0 aromatic carbocycles. The average Bonchev–Trinajstić information content (AvgIpc) is 2.82. The van der Waals surface area contributed by atoms with Crippen LogP contribution in [-0.2, 0) is 4.79 Å². The SMILES string of the molecule is CCCCC[C@@H](O)/C=C/C1[C@H](O)C[C@H](O)[C@@H]1C/C=C\CCCC(=O)O. The molecule has 5 nitrogen and oxygen atoms in total. The molecule has 0 aromatic rings. The highest BCUT2D eigenvalue weighted by atomic mass is 16.4. The first kappa shape index (κ1) is 21.9. The Hall–Kier alpha value is -1.17. The van der Waals surface area contributed by atoms with E-state index in [0.29, 0.717) is 25.7 Å². The van der Waals surface area contributed by atoms with Crippen molar-refractivity contribution in [2.24, 2.45) is 11.8 Å². The van der Waals surface area contributed by atoms with Gasteiger partial charge < -0.3 is 20.4 Å². The molecule has 1 rings (SSSR count). The molecule has 1 aliphatic rings. The summed E-state index contributed by atoms with van der Waals surface area (Å²) in [4.78, 5) is 10.5. The Bertz CT molecular complexity index is 432. The molecular weight excluding hydrogens is 320 g/mol. The van der Waals surface area contributed by atoms with Gasteiger partial charge >= 0.3 is 5.97 Å². The van der Waals surface area contributed by atoms with Crippen LogP contribution >= 0.6 is 0 Å². The standard InChI is InChI=1S/C20H34O5/c1-2-3-6-9-15(21)12-13-17-16(18(22)14-19(17)23)10-7-4-5-8-11-20(24)25/h4,7,12-13,15-19,21-23H,2-3,5-6,8-11,14H2,1H3,(H,24,25)/b7-4-,13-12+/t15-,16-,17?,18+,19-/m1/s1. The zero-order valence-electron chi connectivity index (χ0n) is 15.3. The minimum atomic E-state index is -0.787. The lowest BCUT2D eigenvalue weighted by Crippen LogP contribution is -2.20. The van der Waals surface area contributed by atoms with Crippen molar-refractivity contribution >= 4 is 5.97 Å². The maximum atomic E-state index is 10.5. The zero-order chi connectivity index (χ0) is 18.7. The number of aliphatic carboxylic acids is 1. The fourth-order valence-electron chi connectivity index (χ4n) is 3.41. The second-order valence-corrected chi connectivity index (χ2v) is 7.05. The molecule has 1 unspecified atom stereocenters. The molecule has 5 heteroatoms. The van der Waals surface area contributed by atoms with Crippen LogP contribution in [0.4, 0.5) is 0 Å². The van der Waals surface area contributed by atoms with E-state index >= 15 is 0 Å². The summed E-state index contributed by atoms with van der Waals surface area (Å²) in [6.07, 6.45) is 12.3. The van der Waals surface area contributed by atoms with Gasteiger partial charge in [-0.15, -0.1) is 0 Å². The van der Waals surface area contributed by atoms with E-state index in [1.165, 1.54) is 0 Å². The number of unbranched alkanes of at least 4 members (excludes halogenated alkanes) is 3. The number of carboxylic acids is 1. The average molecular weight is 354 g/mol. The molecule has 0 radical (unpaired) electrons. The predicted molar refractivity (Wildman–Crippen MR) is 98.1 cm³/mol. The van der Waals surface area contributed by atoms with Crippen molar-refractivity contribution in [3.05, 3.63) is 24.3 Å². The van der Waals surface area contributed by atoms with Crippen molar-refractivity contribution in [3.8, 4) is 0 Å². The van der Waals surface area contributed by atoms with Gasteiger partial charge in [0.05, 0.1) is 18.3 Å². The molecule has 25 heavy (non-hydrogen) atoms. The molecule has 5 atom stereocenters. The Morgan fingerprint density at radius 3 is 2.60 bits per heavy atom. The van der Waals surface area contributed by atoms with E-state index in [1.807, 2.05) is 18.2 Å². The van der Waals surface area contributed by atoms with Crippen LogP contribution in [0.15, 0.2) is 24.3 Å². The first-order chi connectivity index (χ1) is 12.0. The van der Waals surface area contributed by atoms with E-state index in [4.69, 9.17) is 5.11 Å². The normalized spacial score (nSPS) is 28.2. The van der Waals surface area contributed by atoms with E-state index in [2.05, 4.69) is 6.92 Å². The molecule has 1 aliphatic carbocycles. The van der Waals surface area contributed by atoms with E-state index in [9.17, 15) is 20.1 Å². The van der Waals surface area contributed by atoms with Crippen LogP contribution in [0.2, 0.25) is 0 Å². The van der Waals surface area contributed by atoms with E-state index in [0.717, 1.165) is 25.7 Å². The molecular formula is C20H34O5. The number of carbonyl (C=O) groups is 1. The molecule has 4 N–H and O–H groups in total. The summed E-state index contributed by atoms with van der Waals surface area (Å²) in [5.74, 6) is -1.00. The van der Waals surface area contributed by atoms with Gasteiger partial charge in [-0.1, -0.05) is 50.5 Å². The van der Waals surface area contributed by atoms with Crippen LogP contribution in [0.3, 0.4) is 0 Å². The van der Waals surface area contributed by atoms with Gasteiger partial charge in [0.25, 0.3) is 0 Å². The van der Waals surface area contributed by atoms with Gasteiger partial charge in [0.1, 0.15) is 0 Å². The number of hydrogen-bond acceptors (Lipinski definition) is 4. The van der Waals surface area contributed by atoms with Gasteiger partial charge in [0.15, 0.2) is 0 Å². The third-order valence-electron chi connectivity index (χ3n) is 4.91. The van der Waals surface area contributed by atoms with Gasteiger partial charge in [-0.05, 0) is 31.6 Å². The lowest BCUT2D eigenvalue weighted by atomic mass is 9.89. The number of hydrogen-bond donors (Lipinski definition) is 4. The van der Waals surface area contributed by atoms with Crippen molar-refractivity contribution in [2.75, 3.05) is 0 Å². The molecule has 1 saturated carbocycles. The quantitative estimate of drug-likeness (QED) is 0.319. The second kappa shape index (κ2) is 12.2. The highest BCUT2D eigenvalue weighted by Gasteiger charge is 2.39. The first-order valence-corrected chi connectivity index (χ1v) is 9.55. The third-order valence-corrected chi connectivity index (χ3v) is 4.91. The van der Waals surface area contributed by atoms with Gasteiger partial charge in [-0.3, -0.25) is 4.79 Å². The summed E-state index contributed by atoms with van der Waals surface area (Å²) in [6.45, 7) is 2.12. The molecule has 0 heterocycles. The van der Waals surface area contributed by atoms with Gasteiger partial charge in [-0.25, -0.2) is 0 Å². The fraction of sp³-hybridized carbons (Fsp3) is 0.750. The topological polar surface area (TPSA) is 98.0 Å². The summed E-state index contributed by atoms with van der Waals surface area (Å²) in [7, 11) is 0. The van der Waals surface area contributed by atoms with Crippen LogP contribution in [0.5, 0.6) is 0 Å². The minimum Gasteiger partial charge on any atom is -0.481 e. The van der Waals surface area contributed by atoms with E-state index < -0.39 is 24.3 Å². The summed E-state index contributed by atoms with van der Waals surface area (Å²) < 4.78 is 0. The van der Waals surface area contributed by atoms with Crippen LogP contribution in [0, 0.1) is 11.8 Å². The van der Waals surface area contributed by atoms with Crippen molar-refractivity contribution in [1.82, 2.24) is 0 Å². The Labute approximate surface area is 151 Å². The smallest absolute Gasteiger partial charge is 0.303 e. The van der Waals surface area contributed by atoms with Gasteiger partial charge in [0, 0.05) is 18.8 Å². The number of aliphatic hydroxyl groups excluding tert-OH is 3. The Morgan fingerprint density at radius 1 is 1.16 bits per heavy atom. The summed E-state index contributed by atoms with van der Waals surface area (Å²) in [6, 6.07) is 0. The predicted octanol–water partition coefficient (Wildman–Crippen LogP) is 3.04. The Morgan fingerprint density at radius 2 is 1.92 bits per heavy atom. The highest BCUT2D eigenvalue weighted by Crippen LogP contribution is 2.36. The van der Waals surface area contributed by atoms with Crippen molar-refractivity contribution < 1.29 is 25.2 Å². The number of carboxylic acid groups (broad SMARTS) is 1. The Balaban J connectivity index is 2.46. The van der Waals surface area contributed by atoms with Crippen LogP contribution in [0.1, 0.15) is 64.7 Å². The molecule has 0 aromatic heterocycles. The minimum absolute atomic E-state index is 0.0650. The van der Waals surface area contributed by atoms with Crippen LogP contribution in [-0.4, -0.2) is 44.7 Å². The lowest BCUT2D eigenvalue weighted by molar-refractivity contribution is -0.137. The summed E-state index contributed by atoms with van der Waals surface area (Å²) >= 11 is 0. The first-order valence-electron chi connectivity index (χ1n) is 9.55. The van der Waals surface area contributed by atoms with E-state index in [-0.39, 0.29) is 18.3 Å². The molecule has 1 fully saturated rings. The molecule has 0 saturated heterocycles. The van der Waals surface area contributed by atoms with Crippen LogP contribution < -0.4 is 0 Å². The zero-order valence-corrected chi connectivity index (χ0v) is 15.3. The van der Waals surface area contributed by atoms with Gasteiger partial charge in [-0.2, -0.15) is 0 Å². The second-order valence-electron chi connectivity index (χ2n) is 7.05. The molecule has 0 bridgehead atoms. The van der Waals surface area contributed by atoms with E-state index in [1.54, 1.807) is 6.08 Å². The summed E-state index contributed by atoms with van der Waals surface area (Å²) in [5, 5.41) is 39.0. The number of allylic oxidation sites excluding steroid dienone is 2. The van der Waals surface area contributed by atoms with Crippen molar-refractivity contribution in [1.29, 1.82) is 0 Å². The maximum absolute atomic E-state index is 10.5. The number of rotatable bonds is 12. The molecule has 0 spiro atoms. The third kappa shape index (κ3) is 8.66. The van der Waals surface area contributed by atoms with Crippen LogP contribution in [0.25, 0.3) is 0 Å². The maximum Gasteiger partial charge on any atom is 0.303 e. The largest absolute Gasteiger partial charge is 0.481 e.